The number of nitrogens with zero attached hydrogens (tertiary/aromatic N) is 1. The van der Waals surface area contributed by atoms with Gasteiger partial charge in [-0.15, -0.1) is 0 Å². The number of rotatable bonds is 8. The number of nitro benzene ring substituents is 1. The summed E-state index contributed by atoms with van der Waals surface area (Å²) >= 11 is 3.52. The number of nitrogens with one attached hydrogen (secondary N) is 1. The maximum absolute atomic E-state index is 10.8. The molecule has 0 aliphatic heterocycles. The second-order valence-corrected chi connectivity index (χ2v) is 7.24. The highest BCUT2D eigenvalue weighted by atomic mass is 79.9. The first-order valence-corrected chi connectivity index (χ1v) is 9.82. The zero-order chi connectivity index (χ0) is 19.9. The van der Waals surface area contributed by atoms with Crippen LogP contribution < -0.4 is 10.1 Å². The van der Waals surface area contributed by atoms with Crippen LogP contribution in [-0.4, -0.2) is 4.92 Å². The number of ether oxygens (including phenoxy) is 1. The first-order valence-electron chi connectivity index (χ1n) is 9.03. The van der Waals surface area contributed by atoms with Crippen LogP contribution in [0.1, 0.15) is 23.6 Å². The number of nitro groups is 1. The number of benzene rings is 3. The molecule has 0 spiro atoms. The average molecular weight is 441 g/mol. The van der Waals surface area contributed by atoms with Gasteiger partial charge in [0, 0.05) is 34.4 Å². The lowest BCUT2D eigenvalue weighted by atomic mass is 10.1. The highest BCUT2D eigenvalue weighted by molar-refractivity contribution is 9.10. The van der Waals surface area contributed by atoms with E-state index < -0.39 is 4.92 Å². The molecule has 0 fully saturated rings. The molecule has 0 aliphatic carbocycles. The first-order chi connectivity index (χ1) is 13.6. The van der Waals surface area contributed by atoms with E-state index >= 15 is 0 Å². The van der Waals surface area contributed by atoms with Crippen molar-refractivity contribution in [2.24, 2.45) is 0 Å². The van der Waals surface area contributed by atoms with Gasteiger partial charge in [-0.05, 0) is 53.9 Å². The van der Waals surface area contributed by atoms with E-state index in [1.165, 1.54) is 17.7 Å². The maximum atomic E-state index is 10.8. The van der Waals surface area contributed by atoms with E-state index in [0.717, 1.165) is 33.5 Å². The van der Waals surface area contributed by atoms with Crippen LogP contribution in [0.3, 0.4) is 0 Å². The van der Waals surface area contributed by atoms with E-state index in [2.05, 4.69) is 40.3 Å². The van der Waals surface area contributed by atoms with Crippen LogP contribution in [0.5, 0.6) is 5.75 Å². The average Bonchev–Trinajstić information content (AvgIpc) is 2.72. The molecule has 0 bridgehead atoms. The number of para-hydroxylation sites is 1. The molecule has 3 rings (SSSR count). The predicted molar refractivity (Wildman–Crippen MR) is 115 cm³/mol. The maximum Gasteiger partial charge on any atom is 0.269 e. The Morgan fingerprint density at radius 3 is 2.50 bits per heavy atom. The van der Waals surface area contributed by atoms with Crippen molar-refractivity contribution in [2.45, 2.75) is 26.5 Å². The molecule has 0 heterocycles. The first kappa shape index (κ1) is 19.9. The van der Waals surface area contributed by atoms with Gasteiger partial charge in [-0.2, -0.15) is 0 Å². The van der Waals surface area contributed by atoms with Crippen LogP contribution in [0.4, 0.5) is 11.4 Å². The Bertz CT molecular complexity index is 958. The van der Waals surface area contributed by atoms with Crippen molar-refractivity contribution in [3.05, 3.63) is 98.0 Å². The molecule has 0 saturated heterocycles. The zero-order valence-electron chi connectivity index (χ0n) is 15.5. The molecule has 0 aliphatic rings. The van der Waals surface area contributed by atoms with Crippen LogP contribution in [0.25, 0.3) is 0 Å². The van der Waals surface area contributed by atoms with E-state index in [1.54, 1.807) is 12.1 Å². The third-order valence-electron chi connectivity index (χ3n) is 4.43. The Labute approximate surface area is 172 Å². The van der Waals surface area contributed by atoms with Crippen LogP contribution >= 0.6 is 15.9 Å². The topological polar surface area (TPSA) is 64.4 Å². The van der Waals surface area contributed by atoms with Gasteiger partial charge in [-0.25, -0.2) is 0 Å². The summed E-state index contributed by atoms with van der Waals surface area (Å²) in [5.41, 5.74) is 4.37. The number of non-ortho nitro benzene ring substituents is 1. The fraction of sp³-hybridized carbons (Fsp3) is 0.182. The van der Waals surface area contributed by atoms with E-state index in [1.807, 2.05) is 30.3 Å². The minimum absolute atomic E-state index is 0.0758. The second kappa shape index (κ2) is 9.37. The molecule has 0 atom stereocenters. The van der Waals surface area contributed by atoms with Crippen molar-refractivity contribution in [1.29, 1.82) is 0 Å². The molecule has 28 heavy (non-hydrogen) atoms. The largest absolute Gasteiger partial charge is 0.489 e. The molecule has 3 aromatic carbocycles. The molecule has 144 valence electrons. The van der Waals surface area contributed by atoms with Crippen LogP contribution in [0.15, 0.2) is 71.2 Å². The van der Waals surface area contributed by atoms with Gasteiger partial charge in [0.25, 0.3) is 5.69 Å². The van der Waals surface area contributed by atoms with Gasteiger partial charge in [-0.1, -0.05) is 41.1 Å². The van der Waals surface area contributed by atoms with Crippen molar-refractivity contribution >= 4 is 27.3 Å². The van der Waals surface area contributed by atoms with Crippen molar-refractivity contribution in [2.75, 3.05) is 5.32 Å². The third-order valence-corrected chi connectivity index (χ3v) is 4.92. The molecular formula is C22H21BrN2O3. The molecule has 6 heteroatoms. The van der Waals surface area contributed by atoms with Crippen molar-refractivity contribution in [3.8, 4) is 5.75 Å². The Morgan fingerprint density at radius 2 is 1.79 bits per heavy atom. The third kappa shape index (κ3) is 5.10. The number of anilines is 1. The fourth-order valence-electron chi connectivity index (χ4n) is 2.89. The molecule has 1 N–H and O–H groups in total. The number of aryl methyl sites for hydroxylation is 1. The second-order valence-electron chi connectivity index (χ2n) is 6.33. The highest BCUT2D eigenvalue weighted by Crippen LogP contribution is 2.26. The van der Waals surface area contributed by atoms with Crippen LogP contribution in [0.2, 0.25) is 0 Å². The number of halogens is 1. The molecule has 0 amide bonds. The predicted octanol–water partition coefficient (Wildman–Crippen LogP) is 6.11. The summed E-state index contributed by atoms with van der Waals surface area (Å²) in [4.78, 5) is 10.4. The highest BCUT2D eigenvalue weighted by Gasteiger charge is 2.08. The fourth-order valence-corrected chi connectivity index (χ4v) is 3.30. The summed E-state index contributed by atoms with van der Waals surface area (Å²) in [5, 5.41) is 14.3. The Morgan fingerprint density at radius 1 is 1.04 bits per heavy atom. The molecule has 0 radical (unpaired) electrons. The van der Waals surface area contributed by atoms with E-state index in [-0.39, 0.29) is 5.69 Å². The molecule has 0 unspecified atom stereocenters. The van der Waals surface area contributed by atoms with E-state index in [0.29, 0.717) is 13.2 Å². The summed E-state index contributed by atoms with van der Waals surface area (Å²) in [5.74, 6) is 0.781. The van der Waals surface area contributed by atoms with E-state index in [9.17, 15) is 10.1 Å². The summed E-state index contributed by atoms with van der Waals surface area (Å²) < 4.78 is 6.98. The van der Waals surface area contributed by atoms with Gasteiger partial charge in [0.05, 0.1) is 4.92 Å². The Hall–Kier alpha value is -2.86. The molecule has 0 saturated carbocycles. The number of hydrogen-bond donors (Lipinski definition) is 1. The summed E-state index contributed by atoms with van der Waals surface area (Å²) in [6.45, 7) is 3.11. The van der Waals surface area contributed by atoms with E-state index in [4.69, 9.17) is 4.74 Å². The molecule has 0 aromatic heterocycles. The number of hydrogen-bond acceptors (Lipinski definition) is 4. The Kier molecular flexibility index (Phi) is 6.66. The van der Waals surface area contributed by atoms with Gasteiger partial charge in [0.2, 0.25) is 0 Å². The molecular weight excluding hydrogens is 420 g/mol. The summed E-state index contributed by atoms with van der Waals surface area (Å²) in [6, 6.07) is 20.6. The smallest absolute Gasteiger partial charge is 0.269 e. The lowest BCUT2D eigenvalue weighted by Crippen LogP contribution is -2.05. The lowest BCUT2D eigenvalue weighted by Gasteiger charge is -2.15. The summed E-state index contributed by atoms with van der Waals surface area (Å²) in [7, 11) is 0. The van der Waals surface area contributed by atoms with Crippen molar-refractivity contribution < 1.29 is 9.66 Å². The SMILES string of the molecule is CCc1ccccc1NCc1cc(Br)ccc1OCc1ccc([N+](=O)[O-])cc1. The quantitative estimate of drug-likeness (QED) is 0.338. The van der Waals surface area contributed by atoms with Crippen LogP contribution in [0, 0.1) is 10.1 Å². The van der Waals surface area contributed by atoms with Crippen molar-refractivity contribution in [1.82, 2.24) is 0 Å². The molecule has 5 nitrogen and oxygen atoms in total. The van der Waals surface area contributed by atoms with Gasteiger partial charge in [0.1, 0.15) is 12.4 Å². The standard InChI is InChI=1S/C22H21BrN2O3/c1-2-17-5-3-4-6-21(17)24-14-18-13-19(23)9-12-22(18)28-15-16-7-10-20(11-8-16)25(26)27/h3-13,24H,2,14-15H2,1H3. The zero-order valence-corrected chi connectivity index (χ0v) is 17.1. The van der Waals surface area contributed by atoms with Crippen LogP contribution in [-0.2, 0) is 19.6 Å². The van der Waals surface area contributed by atoms with Crippen molar-refractivity contribution in [3.63, 3.8) is 0 Å². The van der Waals surface area contributed by atoms with Gasteiger partial charge >= 0.3 is 0 Å². The summed E-state index contributed by atoms with van der Waals surface area (Å²) in [6.07, 6.45) is 0.963. The Balaban J connectivity index is 1.70. The molecule has 3 aromatic rings. The lowest BCUT2D eigenvalue weighted by molar-refractivity contribution is -0.384. The minimum atomic E-state index is -0.405. The minimum Gasteiger partial charge on any atom is -0.489 e. The monoisotopic (exact) mass is 440 g/mol. The van der Waals surface area contributed by atoms with Gasteiger partial charge in [0.15, 0.2) is 0 Å². The normalized spacial score (nSPS) is 10.5. The van der Waals surface area contributed by atoms with Gasteiger partial charge < -0.3 is 10.1 Å². The van der Waals surface area contributed by atoms with Gasteiger partial charge in [-0.3, -0.25) is 10.1 Å².